The number of aryl methyl sites for hydroxylation is 2. The molecule has 0 aliphatic carbocycles. The van der Waals surface area contributed by atoms with Crippen molar-refractivity contribution in [3.8, 4) is 0 Å². The molecule has 0 radical (unpaired) electrons. The number of likely N-dealkylation sites (N-methyl/N-ethyl adjacent to an activating group) is 1. The normalized spacial score (nSPS) is 14.4. The highest BCUT2D eigenvalue weighted by Crippen LogP contribution is 2.19. The van der Waals surface area contributed by atoms with Gasteiger partial charge < -0.3 is 10.0 Å². The molecule has 1 heterocycles. The average Bonchev–Trinajstić information content (AvgIpc) is 2.59. The summed E-state index contributed by atoms with van der Waals surface area (Å²) in [5.74, 6) is 0. The molecule has 0 aromatic carbocycles. The van der Waals surface area contributed by atoms with Crippen LogP contribution in [0.15, 0.2) is 6.07 Å². The van der Waals surface area contributed by atoms with Gasteiger partial charge in [0, 0.05) is 24.7 Å². The van der Waals surface area contributed by atoms with Crippen LogP contribution in [0.1, 0.15) is 32.2 Å². The molecule has 0 amide bonds. The van der Waals surface area contributed by atoms with Gasteiger partial charge in [0.1, 0.15) is 0 Å². The van der Waals surface area contributed by atoms with Gasteiger partial charge in [0.25, 0.3) is 0 Å². The second kappa shape index (κ2) is 5.19. The van der Waals surface area contributed by atoms with Crippen LogP contribution in [0.2, 0.25) is 0 Å². The number of nitrogens with zero attached hydrogens (tertiary/aromatic N) is 3. The number of hydrogen-bond donors (Lipinski definition) is 1. The Bertz CT molecular complexity index is 369. The highest BCUT2D eigenvalue weighted by Gasteiger charge is 2.30. The van der Waals surface area contributed by atoms with E-state index in [0.29, 0.717) is 6.42 Å². The summed E-state index contributed by atoms with van der Waals surface area (Å²) in [6, 6.07) is 2.08. The molecule has 1 unspecified atom stereocenters. The Kier molecular flexibility index (Phi) is 4.33. The van der Waals surface area contributed by atoms with Crippen molar-refractivity contribution in [1.29, 1.82) is 0 Å². The topological polar surface area (TPSA) is 41.3 Å². The molecule has 0 fully saturated rings. The summed E-state index contributed by atoms with van der Waals surface area (Å²) in [6.45, 7) is 6.19. The highest BCUT2D eigenvalue weighted by molar-refractivity contribution is 5.12. The first-order valence-corrected chi connectivity index (χ1v) is 6.16. The van der Waals surface area contributed by atoms with Gasteiger partial charge in [-0.05, 0) is 40.4 Å². The molecule has 17 heavy (non-hydrogen) atoms. The van der Waals surface area contributed by atoms with E-state index in [9.17, 15) is 5.11 Å². The standard InChI is InChI=1S/C13H25N3O/c1-7-10-8-11(16(6)14-10)9-12(17)13(2,3)15(4)5/h8,12,17H,7,9H2,1-6H3. The summed E-state index contributed by atoms with van der Waals surface area (Å²) in [5, 5.41) is 14.7. The quantitative estimate of drug-likeness (QED) is 0.840. The minimum atomic E-state index is -0.405. The van der Waals surface area contributed by atoms with Crippen LogP contribution in [0, 0.1) is 0 Å². The summed E-state index contributed by atoms with van der Waals surface area (Å²) < 4.78 is 1.87. The number of aromatic nitrogens is 2. The maximum absolute atomic E-state index is 10.3. The van der Waals surface area contributed by atoms with Crippen molar-refractivity contribution >= 4 is 0 Å². The smallest absolute Gasteiger partial charge is 0.0773 e. The molecule has 0 saturated heterocycles. The predicted octanol–water partition coefficient (Wildman–Crippen LogP) is 1.23. The summed E-state index contributed by atoms with van der Waals surface area (Å²) in [4.78, 5) is 2.05. The Labute approximate surface area is 104 Å². The molecule has 4 heteroatoms. The van der Waals surface area contributed by atoms with E-state index in [1.54, 1.807) is 0 Å². The van der Waals surface area contributed by atoms with Gasteiger partial charge in [-0.1, -0.05) is 6.92 Å². The monoisotopic (exact) mass is 239 g/mol. The fourth-order valence-electron chi connectivity index (χ4n) is 1.68. The lowest BCUT2D eigenvalue weighted by molar-refractivity contribution is 0.0172. The summed E-state index contributed by atoms with van der Waals surface area (Å²) in [7, 11) is 5.91. The van der Waals surface area contributed by atoms with Gasteiger partial charge >= 0.3 is 0 Å². The zero-order valence-corrected chi connectivity index (χ0v) is 11.9. The van der Waals surface area contributed by atoms with Crippen LogP contribution in [-0.4, -0.2) is 45.5 Å². The Morgan fingerprint density at radius 3 is 2.47 bits per heavy atom. The van der Waals surface area contributed by atoms with E-state index < -0.39 is 6.10 Å². The van der Waals surface area contributed by atoms with Crippen molar-refractivity contribution in [2.75, 3.05) is 14.1 Å². The van der Waals surface area contributed by atoms with Crippen molar-refractivity contribution in [3.63, 3.8) is 0 Å². The number of aliphatic hydroxyl groups is 1. The lowest BCUT2D eigenvalue weighted by Gasteiger charge is -2.37. The summed E-state index contributed by atoms with van der Waals surface area (Å²) >= 11 is 0. The largest absolute Gasteiger partial charge is 0.391 e. The highest BCUT2D eigenvalue weighted by atomic mass is 16.3. The van der Waals surface area contributed by atoms with Gasteiger partial charge in [-0.3, -0.25) is 4.68 Å². The van der Waals surface area contributed by atoms with Gasteiger partial charge in [-0.2, -0.15) is 5.10 Å². The molecule has 1 aromatic rings. The van der Waals surface area contributed by atoms with E-state index in [1.807, 2.05) is 25.8 Å². The molecular weight excluding hydrogens is 214 g/mol. The number of rotatable bonds is 5. The number of aliphatic hydroxyl groups excluding tert-OH is 1. The number of hydrogen-bond acceptors (Lipinski definition) is 3. The van der Waals surface area contributed by atoms with Crippen molar-refractivity contribution in [3.05, 3.63) is 17.5 Å². The summed E-state index contributed by atoms with van der Waals surface area (Å²) in [6.07, 6.45) is 1.16. The first-order chi connectivity index (χ1) is 7.78. The third-order valence-corrected chi connectivity index (χ3v) is 3.76. The molecule has 1 aromatic heterocycles. The average molecular weight is 239 g/mol. The van der Waals surface area contributed by atoms with Crippen LogP contribution in [0.5, 0.6) is 0 Å². The van der Waals surface area contributed by atoms with Crippen molar-refractivity contribution in [1.82, 2.24) is 14.7 Å². The molecule has 1 N–H and O–H groups in total. The molecule has 0 bridgehead atoms. The van der Waals surface area contributed by atoms with Crippen molar-refractivity contribution in [2.45, 2.75) is 45.3 Å². The Morgan fingerprint density at radius 2 is 2.06 bits per heavy atom. The molecule has 98 valence electrons. The lowest BCUT2D eigenvalue weighted by Crippen LogP contribution is -2.49. The third-order valence-electron chi connectivity index (χ3n) is 3.76. The SMILES string of the molecule is CCc1cc(CC(O)C(C)(C)N(C)C)n(C)n1. The van der Waals surface area contributed by atoms with Crippen LogP contribution >= 0.6 is 0 Å². The van der Waals surface area contributed by atoms with E-state index in [0.717, 1.165) is 17.8 Å². The minimum Gasteiger partial charge on any atom is -0.391 e. The molecule has 0 aliphatic rings. The maximum Gasteiger partial charge on any atom is 0.0773 e. The Hall–Kier alpha value is -0.870. The van der Waals surface area contributed by atoms with Crippen molar-refractivity contribution in [2.24, 2.45) is 7.05 Å². The molecular formula is C13H25N3O. The maximum atomic E-state index is 10.3. The zero-order valence-electron chi connectivity index (χ0n) is 11.9. The van der Waals surface area contributed by atoms with E-state index in [2.05, 4.69) is 36.8 Å². The first kappa shape index (κ1) is 14.2. The lowest BCUT2D eigenvalue weighted by atomic mass is 9.92. The van der Waals surface area contributed by atoms with E-state index >= 15 is 0 Å². The molecule has 0 saturated carbocycles. The van der Waals surface area contributed by atoms with Gasteiger partial charge in [-0.15, -0.1) is 0 Å². The Morgan fingerprint density at radius 1 is 1.47 bits per heavy atom. The van der Waals surface area contributed by atoms with Crippen LogP contribution in [0.25, 0.3) is 0 Å². The second-order valence-electron chi connectivity index (χ2n) is 5.37. The Balaban J connectivity index is 2.80. The van der Waals surface area contributed by atoms with Gasteiger partial charge in [0.2, 0.25) is 0 Å². The fourth-order valence-corrected chi connectivity index (χ4v) is 1.68. The van der Waals surface area contributed by atoms with Gasteiger partial charge in [0.05, 0.1) is 11.8 Å². The predicted molar refractivity (Wildman–Crippen MR) is 70.1 cm³/mol. The van der Waals surface area contributed by atoms with Crippen LogP contribution < -0.4 is 0 Å². The van der Waals surface area contributed by atoms with E-state index in [1.165, 1.54) is 0 Å². The van der Waals surface area contributed by atoms with Crippen LogP contribution in [-0.2, 0) is 19.9 Å². The van der Waals surface area contributed by atoms with E-state index in [-0.39, 0.29) is 5.54 Å². The zero-order chi connectivity index (χ0) is 13.2. The summed E-state index contributed by atoms with van der Waals surface area (Å²) in [5.41, 5.74) is 1.93. The fraction of sp³-hybridized carbons (Fsp3) is 0.769. The van der Waals surface area contributed by atoms with Crippen LogP contribution in [0.3, 0.4) is 0 Å². The third kappa shape index (κ3) is 3.07. The van der Waals surface area contributed by atoms with E-state index in [4.69, 9.17) is 0 Å². The van der Waals surface area contributed by atoms with Gasteiger partial charge in [0.15, 0.2) is 0 Å². The minimum absolute atomic E-state index is 0.239. The first-order valence-electron chi connectivity index (χ1n) is 6.16. The molecule has 4 nitrogen and oxygen atoms in total. The molecule has 0 aliphatic heterocycles. The molecule has 1 rings (SSSR count). The molecule has 1 atom stereocenters. The van der Waals surface area contributed by atoms with Gasteiger partial charge in [-0.25, -0.2) is 0 Å². The van der Waals surface area contributed by atoms with Crippen LogP contribution in [0.4, 0.5) is 0 Å². The van der Waals surface area contributed by atoms with Crippen molar-refractivity contribution < 1.29 is 5.11 Å². The molecule has 0 spiro atoms. The second-order valence-corrected chi connectivity index (χ2v) is 5.37.